The van der Waals surface area contributed by atoms with E-state index in [0.29, 0.717) is 5.41 Å². The Bertz CT molecular complexity index is 408. The van der Waals surface area contributed by atoms with Crippen molar-refractivity contribution in [3.05, 3.63) is 17.3 Å². The second kappa shape index (κ2) is 4.28. The van der Waals surface area contributed by atoms with E-state index in [9.17, 15) is 0 Å². The Balaban J connectivity index is 1.86. The van der Waals surface area contributed by atoms with E-state index in [1.54, 1.807) is 0 Å². The molecule has 0 unspecified atom stereocenters. The first kappa shape index (κ1) is 11.0. The van der Waals surface area contributed by atoms with E-state index in [0.717, 1.165) is 18.8 Å². The van der Waals surface area contributed by atoms with E-state index < -0.39 is 0 Å². The molecule has 0 aliphatic heterocycles. The zero-order chi connectivity index (χ0) is 11.7. The Kier molecular flexibility index (Phi) is 2.77. The number of nitrogens with one attached hydrogen (secondary N) is 1. The molecule has 17 heavy (non-hydrogen) atoms. The number of rotatable bonds is 2. The van der Waals surface area contributed by atoms with Crippen LogP contribution < -0.4 is 5.32 Å². The second-order valence-corrected chi connectivity index (χ2v) is 5.62. The minimum Gasteiger partial charge on any atom is -0.369 e. The Morgan fingerprint density at radius 3 is 2.82 bits per heavy atom. The van der Waals surface area contributed by atoms with Crippen LogP contribution in [-0.4, -0.2) is 16.7 Å². The van der Waals surface area contributed by atoms with Crippen LogP contribution in [0.4, 0.5) is 5.82 Å². The molecule has 1 heterocycles. The zero-order valence-electron chi connectivity index (χ0n) is 10.6. The molecular weight excluding hydrogens is 210 g/mol. The zero-order valence-corrected chi connectivity index (χ0v) is 10.6. The second-order valence-electron chi connectivity index (χ2n) is 5.62. The minimum absolute atomic E-state index is 0.611. The van der Waals surface area contributed by atoms with Gasteiger partial charge in [-0.3, -0.25) is 0 Å². The van der Waals surface area contributed by atoms with E-state index in [1.165, 1.54) is 49.8 Å². The molecule has 0 atom stereocenters. The third kappa shape index (κ3) is 2.03. The molecule has 3 heteroatoms. The number of fused-ring (bicyclic) bond motifs is 1. The molecule has 3 nitrogen and oxygen atoms in total. The number of hydrogen-bond donors (Lipinski definition) is 1. The van der Waals surface area contributed by atoms with Crippen LogP contribution in [0, 0.1) is 5.41 Å². The van der Waals surface area contributed by atoms with Gasteiger partial charge in [-0.05, 0) is 56.1 Å². The van der Waals surface area contributed by atoms with E-state index in [2.05, 4.69) is 28.5 Å². The minimum atomic E-state index is 0.611. The van der Waals surface area contributed by atoms with Crippen molar-refractivity contribution in [1.82, 2.24) is 10.2 Å². The standard InChI is InChI=1S/C14H21N3/c1-2-15-13-9-11-10-14(6-3-4-7-14)8-5-12(11)16-17-13/h9H,2-8,10H2,1H3,(H,15,17). The van der Waals surface area contributed by atoms with Crippen molar-refractivity contribution in [3.8, 4) is 0 Å². The van der Waals surface area contributed by atoms with Crippen LogP contribution in [-0.2, 0) is 12.8 Å². The van der Waals surface area contributed by atoms with Crippen molar-refractivity contribution in [2.24, 2.45) is 5.41 Å². The van der Waals surface area contributed by atoms with Gasteiger partial charge in [-0.2, -0.15) is 5.10 Å². The molecule has 0 aromatic carbocycles. The normalized spacial score (nSPS) is 21.5. The summed E-state index contributed by atoms with van der Waals surface area (Å²) in [5, 5.41) is 11.9. The lowest BCUT2D eigenvalue weighted by atomic mass is 9.72. The molecule has 0 radical (unpaired) electrons. The van der Waals surface area contributed by atoms with E-state index >= 15 is 0 Å². The summed E-state index contributed by atoms with van der Waals surface area (Å²) in [5.41, 5.74) is 3.30. The Labute approximate surface area is 103 Å². The summed E-state index contributed by atoms with van der Waals surface area (Å²) in [6.45, 7) is 3.01. The van der Waals surface area contributed by atoms with Gasteiger partial charge >= 0.3 is 0 Å². The van der Waals surface area contributed by atoms with Crippen LogP contribution in [0.2, 0.25) is 0 Å². The maximum atomic E-state index is 4.38. The van der Waals surface area contributed by atoms with Gasteiger partial charge in [0.05, 0.1) is 5.69 Å². The van der Waals surface area contributed by atoms with Crippen molar-refractivity contribution >= 4 is 5.82 Å². The average molecular weight is 231 g/mol. The number of nitrogens with zero attached hydrogens (tertiary/aromatic N) is 2. The molecule has 2 aliphatic carbocycles. The molecule has 1 spiro atoms. The van der Waals surface area contributed by atoms with Crippen LogP contribution in [0.5, 0.6) is 0 Å². The highest BCUT2D eigenvalue weighted by molar-refractivity contribution is 5.39. The van der Waals surface area contributed by atoms with Crippen molar-refractivity contribution in [3.63, 3.8) is 0 Å². The summed E-state index contributed by atoms with van der Waals surface area (Å²) < 4.78 is 0. The highest BCUT2D eigenvalue weighted by atomic mass is 15.2. The summed E-state index contributed by atoms with van der Waals surface area (Å²) in [6, 6.07) is 2.23. The molecule has 1 aromatic rings. The molecule has 1 fully saturated rings. The fraction of sp³-hybridized carbons (Fsp3) is 0.714. The van der Waals surface area contributed by atoms with Crippen molar-refractivity contribution in [2.75, 3.05) is 11.9 Å². The van der Waals surface area contributed by atoms with Crippen LogP contribution in [0.1, 0.15) is 50.3 Å². The van der Waals surface area contributed by atoms with Crippen LogP contribution in [0.3, 0.4) is 0 Å². The van der Waals surface area contributed by atoms with Crippen LogP contribution in [0.25, 0.3) is 0 Å². The molecule has 3 rings (SSSR count). The summed E-state index contributed by atoms with van der Waals surface area (Å²) in [4.78, 5) is 0. The first-order chi connectivity index (χ1) is 8.31. The maximum absolute atomic E-state index is 4.38. The Morgan fingerprint density at radius 1 is 1.24 bits per heavy atom. The number of aromatic nitrogens is 2. The van der Waals surface area contributed by atoms with Gasteiger partial charge in [0, 0.05) is 6.54 Å². The Hall–Kier alpha value is -1.12. The SMILES string of the molecule is CCNc1cc2c(nn1)CCC1(CCCC1)C2. The maximum Gasteiger partial charge on any atom is 0.148 e. The highest BCUT2D eigenvalue weighted by Gasteiger charge is 2.37. The third-order valence-electron chi connectivity index (χ3n) is 4.44. The van der Waals surface area contributed by atoms with Gasteiger partial charge in [-0.15, -0.1) is 5.10 Å². The largest absolute Gasteiger partial charge is 0.369 e. The first-order valence-electron chi connectivity index (χ1n) is 6.91. The predicted octanol–water partition coefficient (Wildman–Crippen LogP) is 2.96. The van der Waals surface area contributed by atoms with Gasteiger partial charge in [0.15, 0.2) is 0 Å². The topological polar surface area (TPSA) is 37.8 Å². The van der Waals surface area contributed by atoms with E-state index in [1.807, 2.05) is 0 Å². The summed E-state index contributed by atoms with van der Waals surface area (Å²) in [6.07, 6.45) is 9.39. The van der Waals surface area contributed by atoms with Crippen LogP contribution in [0.15, 0.2) is 6.07 Å². The van der Waals surface area contributed by atoms with Crippen molar-refractivity contribution in [2.45, 2.75) is 51.9 Å². The molecule has 0 bridgehead atoms. The van der Waals surface area contributed by atoms with Gasteiger partial charge in [-0.1, -0.05) is 12.8 Å². The van der Waals surface area contributed by atoms with Gasteiger partial charge in [0.25, 0.3) is 0 Å². The summed E-state index contributed by atoms with van der Waals surface area (Å²) in [7, 11) is 0. The fourth-order valence-electron chi connectivity index (χ4n) is 3.51. The molecule has 0 amide bonds. The molecule has 1 saturated carbocycles. The lowest BCUT2D eigenvalue weighted by Gasteiger charge is -2.34. The molecule has 1 aromatic heterocycles. The third-order valence-corrected chi connectivity index (χ3v) is 4.44. The van der Waals surface area contributed by atoms with E-state index in [4.69, 9.17) is 0 Å². The predicted molar refractivity (Wildman–Crippen MR) is 69.1 cm³/mol. The van der Waals surface area contributed by atoms with E-state index in [-0.39, 0.29) is 0 Å². The van der Waals surface area contributed by atoms with Crippen molar-refractivity contribution < 1.29 is 0 Å². The average Bonchev–Trinajstić information content (AvgIpc) is 2.77. The summed E-state index contributed by atoms with van der Waals surface area (Å²) >= 11 is 0. The van der Waals surface area contributed by atoms with Gasteiger partial charge in [0.1, 0.15) is 5.82 Å². The smallest absolute Gasteiger partial charge is 0.148 e. The lowest BCUT2D eigenvalue weighted by molar-refractivity contribution is 0.252. The molecule has 0 saturated heterocycles. The van der Waals surface area contributed by atoms with Crippen molar-refractivity contribution in [1.29, 1.82) is 0 Å². The molecule has 92 valence electrons. The Morgan fingerprint density at radius 2 is 2.06 bits per heavy atom. The van der Waals surface area contributed by atoms with Gasteiger partial charge < -0.3 is 5.32 Å². The van der Waals surface area contributed by atoms with Gasteiger partial charge in [0.2, 0.25) is 0 Å². The number of hydrogen-bond acceptors (Lipinski definition) is 3. The number of aryl methyl sites for hydroxylation is 1. The monoisotopic (exact) mass is 231 g/mol. The first-order valence-corrected chi connectivity index (χ1v) is 6.91. The summed E-state index contributed by atoms with van der Waals surface area (Å²) in [5.74, 6) is 0.946. The molecule has 1 N–H and O–H groups in total. The quantitative estimate of drug-likeness (QED) is 0.850. The number of anilines is 1. The molecule has 2 aliphatic rings. The fourth-order valence-corrected chi connectivity index (χ4v) is 3.51. The van der Waals surface area contributed by atoms with Gasteiger partial charge in [-0.25, -0.2) is 0 Å². The molecular formula is C14H21N3. The lowest BCUT2D eigenvalue weighted by Crippen LogP contribution is -2.27. The highest BCUT2D eigenvalue weighted by Crippen LogP contribution is 2.47. The van der Waals surface area contributed by atoms with Crippen LogP contribution >= 0.6 is 0 Å².